The van der Waals surface area contributed by atoms with Crippen LogP contribution in [0.2, 0.25) is 5.02 Å². The van der Waals surface area contributed by atoms with E-state index in [0.717, 1.165) is 26.1 Å². The number of urea groups is 1. The third-order valence-corrected chi connectivity index (χ3v) is 4.75. The zero-order valence-electron chi connectivity index (χ0n) is 15.1. The van der Waals surface area contributed by atoms with Crippen molar-refractivity contribution in [1.82, 2.24) is 20.9 Å². The maximum absolute atomic E-state index is 12.4. The number of benzene rings is 1. The summed E-state index contributed by atoms with van der Waals surface area (Å²) in [5.41, 5.74) is 6.49. The van der Waals surface area contributed by atoms with Gasteiger partial charge in [-0.3, -0.25) is 4.79 Å². The van der Waals surface area contributed by atoms with E-state index in [1.807, 2.05) is 0 Å². The highest BCUT2D eigenvalue weighted by atomic mass is 35.5. The SMILES string of the molecule is CNC(=O)NCCN1CCC(CNC(=O)c2cc(Cl)c(N)cc2OC)C1. The third-order valence-electron chi connectivity index (χ3n) is 4.43. The lowest BCUT2D eigenvalue weighted by atomic mass is 10.1. The summed E-state index contributed by atoms with van der Waals surface area (Å²) >= 11 is 6.01. The van der Waals surface area contributed by atoms with Crippen LogP contribution in [0, 0.1) is 5.92 Å². The molecule has 0 saturated carbocycles. The molecule has 1 heterocycles. The van der Waals surface area contributed by atoms with Crippen LogP contribution >= 0.6 is 11.6 Å². The zero-order chi connectivity index (χ0) is 19.1. The average molecular weight is 384 g/mol. The number of hydrogen-bond acceptors (Lipinski definition) is 5. The number of nitrogen functional groups attached to an aromatic ring is 1. The van der Waals surface area contributed by atoms with Crippen LogP contribution in [0.15, 0.2) is 12.1 Å². The Morgan fingerprint density at radius 1 is 1.38 bits per heavy atom. The van der Waals surface area contributed by atoms with Gasteiger partial charge in [0.05, 0.1) is 23.4 Å². The second-order valence-corrected chi connectivity index (χ2v) is 6.65. The number of halogens is 1. The van der Waals surface area contributed by atoms with E-state index in [0.29, 0.717) is 41.0 Å². The molecule has 0 bridgehead atoms. The molecule has 8 nitrogen and oxygen atoms in total. The standard InChI is InChI=1S/C17H26ClN5O3/c1-20-17(25)21-4-6-23-5-3-11(10-23)9-22-16(24)12-7-13(18)14(19)8-15(12)26-2/h7-8,11H,3-6,9-10,19H2,1-2H3,(H,22,24)(H2,20,21,25). The highest BCUT2D eigenvalue weighted by molar-refractivity contribution is 6.33. The lowest BCUT2D eigenvalue weighted by Gasteiger charge is -2.17. The number of carbonyl (C=O) groups excluding carboxylic acids is 2. The Kier molecular flexibility index (Phi) is 7.35. The first-order valence-electron chi connectivity index (χ1n) is 8.53. The van der Waals surface area contributed by atoms with E-state index in [-0.39, 0.29) is 11.9 Å². The van der Waals surface area contributed by atoms with Crippen molar-refractivity contribution in [3.63, 3.8) is 0 Å². The highest BCUT2D eigenvalue weighted by Gasteiger charge is 2.23. The molecule has 1 aromatic rings. The lowest BCUT2D eigenvalue weighted by Crippen LogP contribution is -2.38. The smallest absolute Gasteiger partial charge is 0.314 e. The van der Waals surface area contributed by atoms with Crippen molar-refractivity contribution in [2.75, 3.05) is 52.6 Å². The van der Waals surface area contributed by atoms with Crippen LogP contribution in [0.4, 0.5) is 10.5 Å². The van der Waals surface area contributed by atoms with Crippen LogP contribution in [-0.2, 0) is 0 Å². The minimum Gasteiger partial charge on any atom is -0.496 e. The van der Waals surface area contributed by atoms with Crippen molar-refractivity contribution in [3.05, 3.63) is 22.7 Å². The second kappa shape index (κ2) is 9.49. The summed E-state index contributed by atoms with van der Waals surface area (Å²) in [6.07, 6.45) is 1.000. The van der Waals surface area contributed by atoms with Crippen molar-refractivity contribution in [2.45, 2.75) is 6.42 Å². The van der Waals surface area contributed by atoms with E-state index >= 15 is 0 Å². The van der Waals surface area contributed by atoms with Gasteiger partial charge in [0.2, 0.25) is 0 Å². The Morgan fingerprint density at radius 2 is 2.15 bits per heavy atom. The summed E-state index contributed by atoms with van der Waals surface area (Å²) in [4.78, 5) is 25.9. The number of methoxy groups -OCH3 is 1. The molecule has 0 aromatic heterocycles. The van der Waals surface area contributed by atoms with Gasteiger partial charge in [-0.25, -0.2) is 4.79 Å². The van der Waals surface area contributed by atoms with Gasteiger partial charge < -0.3 is 31.3 Å². The van der Waals surface area contributed by atoms with Gasteiger partial charge in [-0.15, -0.1) is 0 Å². The molecule has 3 amide bonds. The van der Waals surface area contributed by atoms with Crippen LogP contribution in [0.25, 0.3) is 0 Å². The molecule has 9 heteroatoms. The number of nitrogens with zero attached hydrogens (tertiary/aromatic N) is 1. The lowest BCUT2D eigenvalue weighted by molar-refractivity contribution is 0.0944. The molecule has 1 unspecified atom stereocenters. The van der Waals surface area contributed by atoms with Crippen molar-refractivity contribution in [3.8, 4) is 5.75 Å². The molecule has 1 saturated heterocycles. The summed E-state index contributed by atoms with van der Waals surface area (Å²) in [5, 5.41) is 8.56. The van der Waals surface area contributed by atoms with Gasteiger partial charge >= 0.3 is 6.03 Å². The Bertz CT molecular complexity index is 656. The van der Waals surface area contributed by atoms with Crippen LogP contribution < -0.4 is 26.4 Å². The van der Waals surface area contributed by atoms with Crippen LogP contribution in [-0.4, -0.2) is 63.7 Å². The normalized spacial score (nSPS) is 17.0. The van der Waals surface area contributed by atoms with Crippen molar-refractivity contribution >= 4 is 29.2 Å². The Labute approximate surface area is 158 Å². The molecular formula is C17H26ClN5O3. The number of rotatable bonds is 7. The monoisotopic (exact) mass is 383 g/mol. The minimum absolute atomic E-state index is 0.177. The van der Waals surface area contributed by atoms with E-state index in [9.17, 15) is 9.59 Å². The molecule has 144 valence electrons. The first-order valence-corrected chi connectivity index (χ1v) is 8.91. The molecule has 26 heavy (non-hydrogen) atoms. The second-order valence-electron chi connectivity index (χ2n) is 6.25. The quantitative estimate of drug-likeness (QED) is 0.523. The molecule has 0 spiro atoms. The summed E-state index contributed by atoms with van der Waals surface area (Å²) < 4.78 is 5.22. The maximum atomic E-state index is 12.4. The predicted octanol–water partition coefficient (Wildman–Crippen LogP) is 0.912. The molecular weight excluding hydrogens is 358 g/mol. The van der Waals surface area contributed by atoms with Crippen LogP contribution in [0.5, 0.6) is 5.75 Å². The van der Waals surface area contributed by atoms with E-state index in [2.05, 4.69) is 20.9 Å². The molecule has 0 aliphatic carbocycles. The van der Waals surface area contributed by atoms with Crippen LogP contribution in [0.3, 0.4) is 0 Å². The maximum Gasteiger partial charge on any atom is 0.314 e. The molecule has 1 aliphatic heterocycles. The van der Waals surface area contributed by atoms with E-state index in [1.54, 1.807) is 13.1 Å². The zero-order valence-corrected chi connectivity index (χ0v) is 15.9. The van der Waals surface area contributed by atoms with Gasteiger partial charge in [-0.05, 0) is 24.9 Å². The van der Waals surface area contributed by atoms with Crippen LogP contribution in [0.1, 0.15) is 16.8 Å². The minimum atomic E-state index is -0.233. The molecule has 1 aliphatic rings. The summed E-state index contributed by atoms with van der Waals surface area (Å²) in [6, 6.07) is 2.90. The molecule has 1 fully saturated rings. The van der Waals surface area contributed by atoms with Gasteiger partial charge in [0.15, 0.2) is 0 Å². The average Bonchev–Trinajstić information content (AvgIpc) is 3.09. The number of carbonyl (C=O) groups is 2. The first kappa shape index (κ1) is 20.1. The molecule has 0 radical (unpaired) electrons. The fraction of sp³-hybridized carbons (Fsp3) is 0.529. The number of anilines is 1. The topological polar surface area (TPSA) is 109 Å². The van der Waals surface area contributed by atoms with Crippen molar-refractivity contribution in [2.24, 2.45) is 5.92 Å². The van der Waals surface area contributed by atoms with E-state index in [4.69, 9.17) is 22.1 Å². The number of likely N-dealkylation sites (tertiary alicyclic amines) is 1. The molecule has 5 N–H and O–H groups in total. The number of amides is 3. The van der Waals surface area contributed by atoms with Gasteiger partial charge in [-0.1, -0.05) is 11.6 Å². The van der Waals surface area contributed by atoms with Gasteiger partial charge in [0.1, 0.15) is 5.75 Å². The Hall–Kier alpha value is -2.19. The van der Waals surface area contributed by atoms with Gasteiger partial charge in [-0.2, -0.15) is 0 Å². The van der Waals surface area contributed by atoms with Gasteiger partial charge in [0, 0.05) is 39.3 Å². The number of ether oxygens (including phenoxy) is 1. The van der Waals surface area contributed by atoms with Crippen molar-refractivity contribution < 1.29 is 14.3 Å². The largest absolute Gasteiger partial charge is 0.496 e. The molecule has 2 rings (SSSR count). The van der Waals surface area contributed by atoms with Gasteiger partial charge in [0.25, 0.3) is 5.91 Å². The first-order chi connectivity index (χ1) is 12.4. The van der Waals surface area contributed by atoms with E-state index < -0.39 is 0 Å². The Morgan fingerprint density at radius 3 is 2.85 bits per heavy atom. The number of nitrogens with one attached hydrogen (secondary N) is 3. The number of nitrogens with two attached hydrogens (primary N) is 1. The predicted molar refractivity (Wildman–Crippen MR) is 102 cm³/mol. The highest BCUT2D eigenvalue weighted by Crippen LogP contribution is 2.28. The molecule has 1 aromatic carbocycles. The van der Waals surface area contributed by atoms with E-state index in [1.165, 1.54) is 13.2 Å². The number of hydrogen-bond donors (Lipinski definition) is 4. The molecule has 1 atom stereocenters. The fourth-order valence-electron chi connectivity index (χ4n) is 2.95. The summed E-state index contributed by atoms with van der Waals surface area (Å²) in [7, 11) is 3.08. The Balaban J connectivity index is 1.80. The summed E-state index contributed by atoms with van der Waals surface area (Å²) in [6.45, 7) is 3.80. The third kappa shape index (κ3) is 5.40. The van der Waals surface area contributed by atoms with Crippen molar-refractivity contribution in [1.29, 1.82) is 0 Å². The summed E-state index contributed by atoms with van der Waals surface area (Å²) in [5.74, 6) is 0.537. The fourth-order valence-corrected chi connectivity index (χ4v) is 3.11.